The average Bonchev–Trinajstić information content (AvgIpc) is 3.05. The second-order valence-corrected chi connectivity index (χ2v) is 8.54. The van der Waals surface area contributed by atoms with E-state index in [1.165, 1.54) is 12.1 Å². The van der Waals surface area contributed by atoms with Crippen molar-refractivity contribution in [1.29, 1.82) is 0 Å². The highest BCUT2D eigenvalue weighted by atomic mass is 35.5. The third kappa shape index (κ3) is 5.12. The molecule has 178 valence electrons. The van der Waals surface area contributed by atoms with E-state index in [1.54, 1.807) is 48.5 Å². The Morgan fingerprint density at radius 3 is 2.37 bits per heavy atom. The fourth-order valence-corrected chi connectivity index (χ4v) is 3.96. The van der Waals surface area contributed by atoms with Crippen LogP contribution in [-0.2, 0) is 9.59 Å². The Bertz CT molecular complexity index is 1360. The lowest BCUT2D eigenvalue weighted by Gasteiger charge is -2.17. The number of nitrogens with zero attached hydrogens (tertiary/aromatic N) is 1. The van der Waals surface area contributed by atoms with Gasteiger partial charge in [0.15, 0.2) is 0 Å². The Balaban J connectivity index is 1.50. The predicted octanol–water partition coefficient (Wildman–Crippen LogP) is 6.08. The maximum absolute atomic E-state index is 13.0. The van der Waals surface area contributed by atoms with Crippen LogP contribution in [0.1, 0.15) is 17.3 Å². The molecule has 1 aliphatic heterocycles. The summed E-state index contributed by atoms with van der Waals surface area (Å²) in [5.74, 6) is -1.18. The molecule has 3 amide bonds. The number of hydrogen-bond donors (Lipinski definition) is 2. The largest absolute Gasteiger partial charge is 0.492 e. The zero-order valence-corrected chi connectivity index (χ0v) is 20.5. The number of hydrogen-bond acceptors (Lipinski definition) is 5. The first-order valence-electron chi connectivity index (χ1n) is 10.4. The molecule has 0 atom stereocenters. The predicted molar refractivity (Wildman–Crippen MR) is 137 cm³/mol. The molecule has 10 heteroatoms. The van der Waals surface area contributed by atoms with Crippen molar-refractivity contribution in [3.8, 4) is 5.75 Å². The fraction of sp³-hybridized carbons (Fsp3) is 0.0800. The van der Waals surface area contributed by atoms with Gasteiger partial charge in [-0.2, -0.15) is 0 Å². The molecular weight excluding hydrogens is 513 g/mol. The van der Waals surface area contributed by atoms with Crippen molar-refractivity contribution in [2.24, 2.45) is 0 Å². The molecule has 0 spiro atoms. The van der Waals surface area contributed by atoms with Crippen molar-refractivity contribution in [1.82, 2.24) is 0 Å². The van der Waals surface area contributed by atoms with Gasteiger partial charge in [0.05, 0.1) is 23.0 Å². The van der Waals surface area contributed by atoms with Crippen LogP contribution >= 0.6 is 34.8 Å². The second-order valence-electron chi connectivity index (χ2n) is 7.32. The number of carbonyl (C=O) groups excluding carboxylic acids is 3. The number of para-hydroxylation sites is 2. The Morgan fingerprint density at radius 1 is 0.943 bits per heavy atom. The van der Waals surface area contributed by atoms with Crippen LogP contribution in [0.5, 0.6) is 5.75 Å². The summed E-state index contributed by atoms with van der Waals surface area (Å²) in [6, 6.07) is 17.9. The molecule has 0 saturated carbocycles. The second kappa shape index (κ2) is 10.4. The maximum atomic E-state index is 13.0. The minimum absolute atomic E-state index is 0.115. The average molecular weight is 531 g/mol. The van der Waals surface area contributed by atoms with Crippen molar-refractivity contribution in [3.63, 3.8) is 0 Å². The van der Waals surface area contributed by atoms with Crippen molar-refractivity contribution in [2.75, 3.05) is 22.1 Å². The van der Waals surface area contributed by atoms with Crippen molar-refractivity contribution < 1.29 is 19.1 Å². The van der Waals surface area contributed by atoms with E-state index < -0.39 is 11.8 Å². The molecule has 0 aromatic heterocycles. The molecule has 3 aromatic carbocycles. The van der Waals surface area contributed by atoms with Crippen LogP contribution in [0.4, 0.5) is 17.1 Å². The summed E-state index contributed by atoms with van der Waals surface area (Å²) in [5, 5.41) is 5.85. The van der Waals surface area contributed by atoms with Gasteiger partial charge in [0.25, 0.3) is 17.7 Å². The number of carbonyl (C=O) groups is 3. The zero-order valence-electron chi connectivity index (χ0n) is 18.3. The quantitative estimate of drug-likeness (QED) is 0.362. The monoisotopic (exact) mass is 529 g/mol. The van der Waals surface area contributed by atoms with Crippen LogP contribution < -0.4 is 20.3 Å². The number of benzene rings is 3. The number of anilines is 3. The van der Waals surface area contributed by atoms with Gasteiger partial charge < -0.3 is 15.4 Å². The molecule has 0 radical (unpaired) electrons. The number of ether oxygens (including phenoxy) is 1. The molecule has 3 aromatic rings. The van der Waals surface area contributed by atoms with Gasteiger partial charge in [0, 0.05) is 16.3 Å². The summed E-state index contributed by atoms with van der Waals surface area (Å²) >= 11 is 18.3. The smallest absolute Gasteiger partial charge is 0.283 e. The van der Waals surface area contributed by atoms with Gasteiger partial charge in [-0.1, -0.05) is 46.9 Å². The van der Waals surface area contributed by atoms with Crippen LogP contribution in [0.2, 0.25) is 10.0 Å². The van der Waals surface area contributed by atoms with Crippen LogP contribution in [0.25, 0.3) is 0 Å². The topological polar surface area (TPSA) is 87.7 Å². The third-order valence-corrected chi connectivity index (χ3v) is 5.93. The first-order chi connectivity index (χ1) is 16.8. The lowest BCUT2D eigenvalue weighted by atomic mass is 10.1. The SMILES string of the molecule is CCOc1ccccc1NC(=O)c1ccc(NC2=C(Cl)C(=O)N(c3cc(Cl)ccc3Cl)C2=O)cc1. The van der Waals surface area contributed by atoms with Crippen LogP contribution in [0.3, 0.4) is 0 Å². The molecule has 0 unspecified atom stereocenters. The van der Waals surface area contributed by atoms with Gasteiger partial charge in [0.1, 0.15) is 16.5 Å². The van der Waals surface area contributed by atoms with E-state index >= 15 is 0 Å². The van der Waals surface area contributed by atoms with Crippen molar-refractivity contribution in [2.45, 2.75) is 6.92 Å². The molecule has 0 saturated heterocycles. The highest BCUT2D eigenvalue weighted by molar-refractivity contribution is 6.54. The molecule has 7 nitrogen and oxygen atoms in total. The molecule has 1 aliphatic rings. The lowest BCUT2D eigenvalue weighted by Crippen LogP contribution is -2.32. The minimum atomic E-state index is -0.729. The molecular formula is C25H18Cl3N3O4. The molecule has 1 heterocycles. The number of halogens is 3. The first kappa shape index (κ1) is 24.6. The Labute approximate surface area is 216 Å². The number of amides is 3. The third-order valence-electron chi connectivity index (χ3n) is 5.03. The van der Waals surface area contributed by atoms with Crippen LogP contribution in [0.15, 0.2) is 77.5 Å². The van der Waals surface area contributed by atoms with Gasteiger partial charge in [-0.3, -0.25) is 14.4 Å². The van der Waals surface area contributed by atoms with Gasteiger partial charge in [-0.05, 0) is 61.5 Å². The molecule has 4 rings (SSSR count). The molecule has 2 N–H and O–H groups in total. The Morgan fingerprint density at radius 2 is 1.66 bits per heavy atom. The van der Waals surface area contributed by atoms with Crippen molar-refractivity contribution in [3.05, 3.63) is 93.1 Å². The van der Waals surface area contributed by atoms with Gasteiger partial charge in [-0.25, -0.2) is 4.90 Å². The molecule has 0 bridgehead atoms. The highest BCUT2D eigenvalue weighted by Gasteiger charge is 2.40. The minimum Gasteiger partial charge on any atom is -0.492 e. The van der Waals surface area contributed by atoms with Gasteiger partial charge >= 0.3 is 0 Å². The normalized spacial score (nSPS) is 13.3. The van der Waals surface area contributed by atoms with E-state index in [1.807, 2.05) is 13.0 Å². The summed E-state index contributed by atoms with van der Waals surface area (Å²) in [6.45, 7) is 2.32. The highest BCUT2D eigenvalue weighted by Crippen LogP contribution is 2.36. The number of imide groups is 1. The number of nitrogens with one attached hydrogen (secondary N) is 2. The summed E-state index contributed by atoms with van der Waals surface area (Å²) in [4.78, 5) is 39.2. The van der Waals surface area contributed by atoms with E-state index in [9.17, 15) is 14.4 Å². The summed E-state index contributed by atoms with van der Waals surface area (Å²) in [6.07, 6.45) is 0. The molecule has 0 fully saturated rings. The first-order valence-corrected chi connectivity index (χ1v) is 11.6. The van der Waals surface area contributed by atoms with E-state index in [4.69, 9.17) is 39.5 Å². The van der Waals surface area contributed by atoms with E-state index in [0.29, 0.717) is 34.3 Å². The molecule has 0 aliphatic carbocycles. The maximum Gasteiger partial charge on any atom is 0.283 e. The van der Waals surface area contributed by atoms with Crippen molar-refractivity contribution >= 4 is 69.6 Å². The summed E-state index contributed by atoms with van der Waals surface area (Å²) in [7, 11) is 0. The van der Waals surface area contributed by atoms with Gasteiger partial charge in [-0.15, -0.1) is 0 Å². The van der Waals surface area contributed by atoms with Crippen LogP contribution in [-0.4, -0.2) is 24.3 Å². The lowest BCUT2D eigenvalue weighted by molar-refractivity contribution is -0.120. The standard InChI is InChI=1S/C25H18Cl3N3O4/c1-2-35-20-6-4-3-5-18(20)30-23(32)14-7-10-16(11-8-14)29-22-21(28)24(33)31(25(22)34)19-13-15(26)9-12-17(19)27/h3-13,29H,2H2,1H3,(H,30,32). The Kier molecular flexibility index (Phi) is 7.31. The van der Waals surface area contributed by atoms with E-state index in [0.717, 1.165) is 4.90 Å². The summed E-state index contributed by atoms with van der Waals surface area (Å²) < 4.78 is 5.53. The Hall–Kier alpha value is -3.52. The zero-order chi connectivity index (χ0) is 25.1. The number of rotatable bonds is 7. The van der Waals surface area contributed by atoms with Gasteiger partial charge in [0.2, 0.25) is 0 Å². The van der Waals surface area contributed by atoms with Crippen LogP contribution in [0, 0.1) is 0 Å². The summed E-state index contributed by atoms with van der Waals surface area (Å²) in [5.41, 5.74) is 1.39. The van der Waals surface area contributed by atoms with E-state index in [2.05, 4.69) is 10.6 Å². The van der Waals surface area contributed by atoms with E-state index in [-0.39, 0.29) is 27.3 Å². The fourth-order valence-electron chi connectivity index (χ4n) is 3.38. The molecule has 35 heavy (non-hydrogen) atoms.